The van der Waals surface area contributed by atoms with Crippen LogP contribution < -0.4 is 5.32 Å². The topological polar surface area (TPSA) is 55.1 Å². The van der Waals surface area contributed by atoms with Crippen molar-refractivity contribution < 1.29 is 13.6 Å². The van der Waals surface area contributed by atoms with E-state index in [-0.39, 0.29) is 17.5 Å². The minimum absolute atomic E-state index is 0.207. The lowest BCUT2D eigenvalue weighted by molar-refractivity contribution is 0.0924. The molecule has 158 valence electrons. The van der Waals surface area contributed by atoms with Crippen molar-refractivity contribution in [1.29, 1.82) is 0 Å². The molecular weight excluding hydrogens is 423 g/mol. The summed E-state index contributed by atoms with van der Waals surface area (Å²) in [6.07, 6.45) is 0. The molecule has 0 spiro atoms. The highest BCUT2D eigenvalue weighted by Gasteiger charge is 2.18. The molecule has 0 radical (unpaired) electrons. The van der Waals surface area contributed by atoms with Crippen LogP contribution in [0.25, 0.3) is 32.8 Å². The highest BCUT2D eigenvalue weighted by atomic mass is 32.1. The fourth-order valence-corrected chi connectivity index (χ4v) is 4.42. The number of hydrogen-bond acceptors (Lipinski definition) is 4. The van der Waals surface area contributed by atoms with E-state index in [1.54, 1.807) is 18.3 Å². The summed E-state index contributed by atoms with van der Waals surface area (Å²) in [4.78, 5) is 17.4. The molecule has 2 heterocycles. The summed E-state index contributed by atoms with van der Waals surface area (Å²) in [6, 6.07) is 22.3. The van der Waals surface area contributed by atoms with E-state index in [9.17, 15) is 9.18 Å². The number of halogens is 1. The van der Waals surface area contributed by atoms with Gasteiger partial charge in [-0.15, -0.1) is 11.3 Å². The highest BCUT2D eigenvalue weighted by molar-refractivity contribution is 7.13. The van der Waals surface area contributed by atoms with Crippen molar-refractivity contribution in [2.24, 2.45) is 0 Å². The number of carbonyl (C=O) groups excluding carboxylic acids is 1. The number of thiazole rings is 1. The third-order valence-electron chi connectivity index (χ3n) is 5.33. The number of amides is 1. The van der Waals surface area contributed by atoms with Gasteiger partial charge in [0.05, 0.1) is 5.69 Å². The third kappa shape index (κ3) is 3.92. The van der Waals surface area contributed by atoms with E-state index in [4.69, 9.17) is 9.40 Å². The van der Waals surface area contributed by atoms with Crippen molar-refractivity contribution in [2.75, 3.05) is 0 Å². The first-order valence-corrected chi connectivity index (χ1v) is 11.0. The van der Waals surface area contributed by atoms with Gasteiger partial charge in [-0.25, -0.2) is 9.37 Å². The molecular formula is C26H19FN2O2S. The second kappa shape index (κ2) is 8.40. The lowest BCUT2D eigenvalue weighted by atomic mass is 10.1. The molecule has 0 aliphatic rings. The van der Waals surface area contributed by atoms with Crippen molar-refractivity contribution in [1.82, 2.24) is 10.3 Å². The van der Waals surface area contributed by atoms with Gasteiger partial charge in [-0.1, -0.05) is 54.6 Å². The number of rotatable bonds is 5. The second-order valence-electron chi connectivity index (χ2n) is 7.48. The molecule has 3 aromatic carbocycles. The van der Waals surface area contributed by atoms with Crippen LogP contribution in [0.4, 0.5) is 4.39 Å². The van der Waals surface area contributed by atoms with Gasteiger partial charge in [0.25, 0.3) is 5.91 Å². The minimum Gasteiger partial charge on any atom is -0.451 e. The van der Waals surface area contributed by atoms with Crippen LogP contribution in [0.3, 0.4) is 0 Å². The van der Waals surface area contributed by atoms with E-state index in [1.165, 1.54) is 18.2 Å². The normalized spacial score (nSPS) is 11.1. The van der Waals surface area contributed by atoms with E-state index in [1.807, 2.05) is 47.8 Å². The Bertz CT molecular complexity index is 1410. The van der Waals surface area contributed by atoms with Crippen LogP contribution in [-0.2, 0) is 6.54 Å². The van der Waals surface area contributed by atoms with Crippen LogP contribution in [0.1, 0.15) is 21.7 Å². The van der Waals surface area contributed by atoms with Crippen LogP contribution >= 0.6 is 11.3 Å². The number of carbonyl (C=O) groups is 1. The maximum Gasteiger partial charge on any atom is 0.287 e. The Balaban J connectivity index is 1.27. The van der Waals surface area contributed by atoms with Crippen LogP contribution in [0.15, 0.2) is 82.6 Å². The summed E-state index contributed by atoms with van der Waals surface area (Å²) in [7, 11) is 0. The number of furan rings is 1. The Morgan fingerprint density at radius 3 is 2.59 bits per heavy atom. The molecule has 0 aliphatic heterocycles. The first-order chi connectivity index (χ1) is 15.6. The monoisotopic (exact) mass is 442 g/mol. The number of hydrogen-bond donors (Lipinski definition) is 1. The summed E-state index contributed by atoms with van der Waals surface area (Å²) in [5, 5.41) is 6.52. The number of nitrogens with one attached hydrogen (secondary N) is 1. The predicted octanol–water partition coefficient (Wildman–Crippen LogP) is 6.60. The van der Waals surface area contributed by atoms with Crippen LogP contribution in [0.2, 0.25) is 0 Å². The van der Waals surface area contributed by atoms with Gasteiger partial charge in [0.1, 0.15) is 16.4 Å². The van der Waals surface area contributed by atoms with E-state index < -0.39 is 0 Å². The number of fused-ring (bicyclic) bond motifs is 1. The van der Waals surface area contributed by atoms with Crippen molar-refractivity contribution in [3.8, 4) is 21.8 Å². The highest BCUT2D eigenvalue weighted by Crippen LogP contribution is 2.29. The van der Waals surface area contributed by atoms with E-state index >= 15 is 0 Å². The predicted molar refractivity (Wildman–Crippen MR) is 125 cm³/mol. The van der Waals surface area contributed by atoms with Gasteiger partial charge >= 0.3 is 0 Å². The van der Waals surface area contributed by atoms with Gasteiger partial charge in [-0.05, 0) is 30.7 Å². The van der Waals surface area contributed by atoms with Crippen molar-refractivity contribution in [3.63, 3.8) is 0 Å². The van der Waals surface area contributed by atoms with Crippen LogP contribution in [0.5, 0.6) is 0 Å². The van der Waals surface area contributed by atoms with Gasteiger partial charge in [0.15, 0.2) is 5.76 Å². The lowest BCUT2D eigenvalue weighted by Gasteiger charge is -2.05. The van der Waals surface area contributed by atoms with E-state index in [0.717, 1.165) is 27.4 Å². The average molecular weight is 443 g/mol. The summed E-state index contributed by atoms with van der Waals surface area (Å²) in [6.45, 7) is 2.11. The van der Waals surface area contributed by atoms with Gasteiger partial charge in [0.2, 0.25) is 0 Å². The Kier molecular flexibility index (Phi) is 5.29. The number of nitrogens with zero attached hydrogens (tertiary/aromatic N) is 1. The zero-order valence-corrected chi connectivity index (χ0v) is 18.1. The standard InChI is InChI=1S/C26H19FN2O2S/c1-16-21-13-20(27)11-12-23(21)31-24(16)25(30)28-14-17-7-9-18(10-8-17)22-15-32-26(29-22)19-5-3-2-4-6-19/h2-13,15H,14H2,1H3,(H,28,30). The van der Waals surface area contributed by atoms with Gasteiger partial charge in [0, 0.05) is 34.0 Å². The molecule has 0 bridgehead atoms. The van der Waals surface area contributed by atoms with Crippen molar-refractivity contribution >= 4 is 28.2 Å². The maximum absolute atomic E-state index is 13.5. The smallest absolute Gasteiger partial charge is 0.287 e. The summed E-state index contributed by atoms with van der Waals surface area (Å²) in [5.41, 5.74) is 5.14. The van der Waals surface area contributed by atoms with E-state index in [2.05, 4.69) is 17.4 Å². The molecule has 0 atom stereocenters. The minimum atomic E-state index is -0.357. The Morgan fingerprint density at radius 2 is 1.81 bits per heavy atom. The Labute approximate surface area is 188 Å². The van der Waals surface area contributed by atoms with Gasteiger partial charge < -0.3 is 9.73 Å². The molecule has 0 aliphatic carbocycles. The molecule has 0 fully saturated rings. The maximum atomic E-state index is 13.5. The fraction of sp³-hybridized carbons (Fsp3) is 0.0769. The average Bonchev–Trinajstić information content (AvgIpc) is 3.44. The summed E-state index contributed by atoms with van der Waals surface area (Å²) >= 11 is 1.62. The zero-order valence-electron chi connectivity index (χ0n) is 17.3. The molecule has 32 heavy (non-hydrogen) atoms. The fourth-order valence-electron chi connectivity index (χ4n) is 3.59. The molecule has 5 aromatic rings. The molecule has 2 aromatic heterocycles. The Hall–Kier alpha value is -3.77. The quantitative estimate of drug-likeness (QED) is 0.334. The summed E-state index contributed by atoms with van der Waals surface area (Å²) in [5.74, 6) is -0.474. The van der Waals surface area contributed by atoms with Crippen molar-refractivity contribution in [3.05, 3.63) is 101 Å². The molecule has 0 saturated heterocycles. The zero-order chi connectivity index (χ0) is 22.1. The number of aromatic nitrogens is 1. The number of aryl methyl sites for hydroxylation is 1. The number of benzene rings is 3. The van der Waals surface area contributed by atoms with Gasteiger partial charge in [-0.3, -0.25) is 4.79 Å². The first-order valence-electron chi connectivity index (χ1n) is 10.2. The molecule has 1 N–H and O–H groups in total. The molecule has 6 heteroatoms. The Morgan fingerprint density at radius 1 is 1.03 bits per heavy atom. The lowest BCUT2D eigenvalue weighted by Crippen LogP contribution is -2.22. The largest absolute Gasteiger partial charge is 0.451 e. The van der Waals surface area contributed by atoms with Crippen LogP contribution in [0, 0.1) is 12.7 Å². The van der Waals surface area contributed by atoms with Crippen molar-refractivity contribution in [2.45, 2.75) is 13.5 Å². The molecule has 1 amide bonds. The van der Waals surface area contributed by atoms with Gasteiger partial charge in [-0.2, -0.15) is 0 Å². The summed E-state index contributed by atoms with van der Waals surface area (Å²) < 4.78 is 19.1. The molecule has 4 nitrogen and oxygen atoms in total. The van der Waals surface area contributed by atoms with Crippen LogP contribution in [-0.4, -0.2) is 10.9 Å². The molecule has 5 rings (SSSR count). The first kappa shape index (κ1) is 20.2. The van der Waals surface area contributed by atoms with E-state index in [0.29, 0.717) is 23.1 Å². The molecule has 0 saturated carbocycles. The second-order valence-corrected chi connectivity index (χ2v) is 8.34. The SMILES string of the molecule is Cc1c(C(=O)NCc2ccc(-c3csc(-c4ccccc4)n3)cc2)oc2ccc(F)cc12. The third-order valence-corrected chi connectivity index (χ3v) is 6.22. The molecule has 0 unspecified atom stereocenters.